The highest BCUT2D eigenvalue weighted by Crippen LogP contribution is 2.43. The van der Waals surface area contributed by atoms with Crippen molar-refractivity contribution in [3.05, 3.63) is 29.6 Å². The van der Waals surface area contributed by atoms with Crippen LogP contribution in [0.25, 0.3) is 0 Å². The van der Waals surface area contributed by atoms with E-state index in [1.54, 1.807) is 0 Å². The zero-order valence-corrected chi connectivity index (χ0v) is 8.39. The van der Waals surface area contributed by atoms with E-state index in [1.165, 1.54) is 0 Å². The molecule has 0 aliphatic carbocycles. The molecular weight excluding hydrogens is 249 g/mol. The largest absolute Gasteiger partial charge is 0.464 e. The third kappa shape index (κ3) is 2.51. The lowest BCUT2D eigenvalue weighted by Crippen LogP contribution is -2.33. The molecule has 0 spiro atoms. The zero-order valence-electron chi connectivity index (χ0n) is 8.39. The van der Waals surface area contributed by atoms with E-state index in [2.05, 4.69) is 9.72 Å². The maximum Gasteiger partial charge on any atom is 0.458 e. The summed E-state index contributed by atoms with van der Waals surface area (Å²) in [5.74, 6) is -5.93. The van der Waals surface area contributed by atoms with E-state index in [-0.39, 0.29) is 5.69 Å². The number of carbonyl (C=O) groups is 1. The average Bonchev–Trinajstić information content (AvgIpc) is 2.26. The highest BCUT2D eigenvalue weighted by molar-refractivity contribution is 5.86. The Morgan fingerprint density at radius 2 is 1.82 bits per heavy atom. The van der Waals surface area contributed by atoms with Gasteiger partial charge in [0.1, 0.15) is 5.69 Å². The monoisotopic (exact) mass is 255 g/mol. The van der Waals surface area contributed by atoms with Gasteiger partial charge in [-0.15, -0.1) is 0 Å². The quantitative estimate of drug-likeness (QED) is 0.602. The zero-order chi connectivity index (χ0) is 13.3. The molecule has 0 N–H and O–H groups in total. The number of rotatable bonds is 2. The van der Waals surface area contributed by atoms with Gasteiger partial charge in [0.2, 0.25) is 0 Å². The van der Waals surface area contributed by atoms with Crippen LogP contribution in [0.15, 0.2) is 18.3 Å². The van der Waals surface area contributed by atoms with Crippen LogP contribution < -0.4 is 0 Å². The molecule has 0 saturated heterocycles. The van der Waals surface area contributed by atoms with Gasteiger partial charge in [-0.05, 0) is 12.1 Å². The second-order valence-electron chi connectivity index (χ2n) is 3.00. The van der Waals surface area contributed by atoms with E-state index in [0.717, 1.165) is 13.2 Å². The molecule has 1 aromatic rings. The summed E-state index contributed by atoms with van der Waals surface area (Å²) in [5, 5.41) is 0. The van der Waals surface area contributed by atoms with Crippen LogP contribution in [0.4, 0.5) is 22.0 Å². The molecule has 0 aliphatic rings. The molecular formula is C9H6F5NO2. The molecule has 1 aromatic heterocycles. The Morgan fingerprint density at radius 3 is 2.18 bits per heavy atom. The fourth-order valence-electron chi connectivity index (χ4n) is 0.969. The first-order valence-corrected chi connectivity index (χ1v) is 4.19. The Kier molecular flexibility index (Phi) is 3.35. The summed E-state index contributed by atoms with van der Waals surface area (Å²) in [6.07, 6.45) is -5.42. The number of halogens is 5. The second kappa shape index (κ2) is 4.27. The molecule has 0 atom stereocenters. The summed E-state index contributed by atoms with van der Waals surface area (Å²) < 4.78 is 65.7. The van der Waals surface area contributed by atoms with Crippen LogP contribution in [0, 0.1) is 0 Å². The van der Waals surface area contributed by atoms with Crippen molar-refractivity contribution in [2.24, 2.45) is 0 Å². The highest BCUT2D eigenvalue weighted by Gasteiger charge is 2.58. The van der Waals surface area contributed by atoms with E-state index in [4.69, 9.17) is 0 Å². The maximum absolute atomic E-state index is 12.8. The summed E-state index contributed by atoms with van der Waals surface area (Å²) >= 11 is 0. The van der Waals surface area contributed by atoms with E-state index in [1.807, 2.05) is 0 Å². The van der Waals surface area contributed by atoms with Gasteiger partial charge in [0.05, 0.1) is 7.11 Å². The number of alkyl halides is 5. The Bertz CT molecular complexity index is 412. The van der Waals surface area contributed by atoms with Gasteiger partial charge in [0.15, 0.2) is 0 Å². The summed E-state index contributed by atoms with van der Waals surface area (Å²) in [7, 11) is 1.03. The topological polar surface area (TPSA) is 39.2 Å². The number of aromatic nitrogens is 1. The van der Waals surface area contributed by atoms with Crippen molar-refractivity contribution < 1.29 is 31.5 Å². The number of methoxy groups -OCH3 is 1. The van der Waals surface area contributed by atoms with Crippen molar-refractivity contribution in [1.82, 2.24) is 4.98 Å². The third-order valence-electron chi connectivity index (χ3n) is 1.88. The molecule has 0 amide bonds. The molecule has 0 saturated carbocycles. The molecule has 1 heterocycles. The van der Waals surface area contributed by atoms with E-state index < -0.39 is 23.6 Å². The molecule has 1 rings (SSSR count). The van der Waals surface area contributed by atoms with Crippen LogP contribution in [0.5, 0.6) is 0 Å². The second-order valence-corrected chi connectivity index (χ2v) is 3.00. The van der Waals surface area contributed by atoms with E-state index >= 15 is 0 Å². The Morgan fingerprint density at radius 1 is 1.24 bits per heavy atom. The first kappa shape index (κ1) is 13.3. The minimum absolute atomic E-state index is 0.291. The van der Waals surface area contributed by atoms with Gasteiger partial charge in [-0.2, -0.15) is 22.0 Å². The Balaban J connectivity index is 3.07. The summed E-state index contributed by atoms with van der Waals surface area (Å²) in [6, 6.07) is 1.22. The van der Waals surface area contributed by atoms with Crippen LogP contribution in [-0.2, 0) is 10.7 Å². The number of carbonyl (C=O) groups excluding carboxylic acids is 1. The minimum atomic E-state index is -5.71. The van der Waals surface area contributed by atoms with Gasteiger partial charge in [-0.25, -0.2) is 9.78 Å². The van der Waals surface area contributed by atoms with Crippen LogP contribution in [0.3, 0.4) is 0 Å². The van der Waals surface area contributed by atoms with E-state index in [0.29, 0.717) is 12.3 Å². The SMILES string of the molecule is COC(=O)c1ccc(C(F)(F)C(F)(F)F)cn1. The van der Waals surface area contributed by atoms with Crippen molar-refractivity contribution in [2.45, 2.75) is 12.1 Å². The molecule has 17 heavy (non-hydrogen) atoms. The van der Waals surface area contributed by atoms with Crippen molar-refractivity contribution in [2.75, 3.05) is 7.11 Å². The number of pyridine rings is 1. The third-order valence-corrected chi connectivity index (χ3v) is 1.88. The number of hydrogen-bond acceptors (Lipinski definition) is 3. The molecule has 0 radical (unpaired) electrons. The Hall–Kier alpha value is -1.73. The first-order valence-electron chi connectivity index (χ1n) is 4.19. The molecule has 0 bridgehead atoms. The van der Waals surface area contributed by atoms with Gasteiger partial charge in [0.25, 0.3) is 0 Å². The lowest BCUT2D eigenvalue weighted by Gasteiger charge is -2.19. The Labute approximate surface area is 92.2 Å². The van der Waals surface area contributed by atoms with Gasteiger partial charge in [-0.1, -0.05) is 0 Å². The van der Waals surface area contributed by atoms with E-state index in [9.17, 15) is 26.7 Å². The molecule has 0 aromatic carbocycles. The highest BCUT2D eigenvalue weighted by atomic mass is 19.4. The number of nitrogens with zero attached hydrogens (tertiary/aromatic N) is 1. The lowest BCUT2D eigenvalue weighted by molar-refractivity contribution is -0.289. The van der Waals surface area contributed by atoms with Gasteiger partial charge >= 0.3 is 18.1 Å². The minimum Gasteiger partial charge on any atom is -0.464 e. The number of ether oxygens (including phenoxy) is 1. The molecule has 0 fully saturated rings. The van der Waals surface area contributed by atoms with Crippen molar-refractivity contribution in [3.63, 3.8) is 0 Å². The molecule has 3 nitrogen and oxygen atoms in total. The lowest BCUT2D eigenvalue weighted by atomic mass is 10.1. The standard InChI is InChI=1S/C9H6F5NO2/c1-17-7(16)6-3-2-5(4-15-6)8(10,11)9(12,13)14/h2-4H,1H3. The molecule has 0 unspecified atom stereocenters. The summed E-state index contributed by atoms with van der Waals surface area (Å²) in [6.45, 7) is 0. The first-order chi connectivity index (χ1) is 7.70. The van der Waals surface area contributed by atoms with Gasteiger partial charge in [0, 0.05) is 11.8 Å². The molecule has 0 aliphatic heterocycles. The van der Waals surface area contributed by atoms with Crippen LogP contribution in [0.2, 0.25) is 0 Å². The van der Waals surface area contributed by atoms with Crippen LogP contribution in [-0.4, -0.2) is 24.2 Å². The van der Waals surface area contributed by atoms with Crippen LogP contribution >= 0.6 is 0 Å². The summed E-state index contributed by atoms with van der Waals surface area (Å²) in [4.78, 5) is 14.1. The smallest absolute Gasteiger partial charge is 0.458 e. The van der Waals surface area contributed by atoms with Crippen molar-refractivity contribution in [1.29, 1.82) is 0 Å². The van der Waals surface area contributed by atoms with Gasteiger partial charge < -0.3 is 4.74 Å². The van der Waals surface area contributed by atoms with Crippen molar-refractivity contribution in [3.8, 4) is 0 Å². The number of esters is 1. The van der Waals surface area contributed by atoms with Crippen LogP contribution in [0.1, 0.15) is 16.1 Å². The predicted octanol–water partition coefficient (Wildman–Crippen LogP) is 2.52. The summed E-state index contributed by atoms with van der Waals surface area (Å²) in [5.41, 5.74) is -1.69. The fourth-order valence-corrected chi connectivity index (χ4v) is 0.969. The van der Waals surface area contributed by atoms with Gasteiger partial charge in [-0.3, -0.25) is 0 Å². The molecule has 8 heteroatoms. The van der Waals surface area contributed by atoms with Crippen molar-refractivity contribution >= 4 is 5.97 Å². The normalized spacial score (nSPS) is 12.4. The average molecular weight is 255 g/mol. The fraction of sp³-hybridized carbons (Fsp3) is 0.333. The number of hydrogen-bond donors (Lipinski definition) is 0. The maximum atomic E-state index is 12.8. The predicted molar refractivity (Wildman–Crippen MR) is 45.5 cm³/mol. The molecule has 94 valence electrons.